The summed E-state index contributed by atoms with van der Waals surface area (Å²) < 4.78 is 7.06. The maximum absolute atomic E-state index is 5.25. The molecule has 17 heavy (non-hydrogen) atoms. The van der Waals surface area contributed by atoms with Crippen molar-refractivity contribution in [1.82, 2.24) is 20.3 Å². The summed E-state index contributed by atoms with van der Waals surface area (Å²) in [7, 11) is 0. The zero-order valence-electron chi connectivity index (χ0n) is 10.5. The van der Waals surface area contributed by atoms with Crippen LogP contribution in [0.3, 0.4) is 0 Å². The van der Waals surface area contributed by atoms with E-state index >= 15 is 0 Å². The third-order valence-electron chi connectivity index (χ3n) is 2.28. The van der Waals surface area contributed by atoms with Crippen molar-refractivity contribution in [2.75, 3.05) is 0 Å². The first-order valence-corrected chi connectivity index (χ1v) is 5.70. The number of rotatable bonds is 4. The molecule has 0 aliphatic heterocycles. The van der Waals surface area contributed by atoms with Crippen LogP contribution < -0.4 is 5.32 Å². The van der Waals surface area contributed by atoms with Gasteiger partial charge in [-0.25, -0.2) is 0 Å². The first-order valence-electron chi connectivity index (χ1n) is 5.70. The summed E-state index contributed by atoms with van der Waals surface area (Å²) >= 11 is 0. The third-order valence-corrected chi connectivity index (χ3v) is 2.28. The Balaban J connectivity index is 1.92. The number of nitrogens with zero attached hydrogens (tertiary/aromatic N) is 3. The van der Waals surface area contributed by atoms with Crippen molar-refractivity contribution in [2.45, 2.75) is 39.4 Å². The topological polar surface area (TPSA) is 55.9 Å². The summed E-state index contributed by atoms with van der Waals surface area (Å²) in [5.41, 5.74) is 1.00. The van der Waals surface area contributed by atoms with Crippen LogP contribution in [-0.2, 0) is 13.1 Å². The SMILES string of the molecule is CC(C)(C)NCc1cc(Cn2cccn2)on1. The minimum absolute atomic E-state index is 0.0844. The van der Waals surface area contributed by atoms with E-state index in [0.717, 1.165) is 11.5 Å². The molecule has 2 aromatic heterocycles. The smallest absolute Gasteiger partial charge is 0.158 e. The fourth-order valence-electron chi connectivity index (χ4n) is 1.42. The van der Waals surface area contributed by atoms with Crippen molar-refractivity contribution in [3.8, 4) is 0 Å². The molecule has 0 spiro atoms. The van der Waals surface area contributed by atoms with Crippen LogP contribution in [0.15, 0.2) is 29.0 Å². The van der Waals surface area contributed by atoms with E-state index in [1.807, 2.05) is 23.0 Å². The van der Waals surface area contributed by atoms with Gasteiger partial charge in [0.15, 0.2) is 5.76 Å². The minimum Gasteiger partial charge on any atom is -0.359 e. The average molecular weight is 234 g/mol. The van der Waals surface area contributed by atoms with E-state index < -0.39 is 0 Å². The Hall–Kier alpha value is -1.62. The fraction of sp³-hybridized carbons (Fsp3) is 0.500. The molecule has 92 valence electrons. The highest BCUT2D eigenvalue weighted by Gasteiger charge is 2.11. The Morgan fingerprint density at radius 2 is 2.24 bits per heavy atom. The molecule has 0 saturated carbocycles. The maximum atomic E-state index is 5.25. The lowest BCUT2D eigenvalue weighted by molar-refractivity contribution is 0.357. The van der Waals surface area contributed by atoms with Gasteiger partial charge < -0.3 is 9.84 Å². The molecule has 0 aliphatic rings. The molecule has 0 bridgehead atoms. The summed E-state index contributed by atoms with van der Waals surface area (Å²) in [6.45, 7) is 7.70. The summed E-state index contributed by atoms with van der Waals surface area (Å²) in [6, 6.07) is 3.85. The second kappa shape index (κ2) is 4.71. The molecular weight excluding hydrogens is 216 g/mol. The Labute approximate surface area is 101 Å². The summed E-state index contributed by atoms with van der Waals surface area (Å²) in [6.07, 6.45) is 3.65. The van der Waals surface area contributed by atoms with E-state index in [-0.39, 0.29) is 5.54 Å². The largest absolute Gasteiger partial charge is 0.359 e. The van der Waals surface area contributed by atoms with Crippen LogP contribution in [0.4, 0.5) is 0 Å². The lowest BCUT2D eigenvalue weighted by Gasteiger charge is -2.19. The number of hydrogen-bond acceptors (Lipinski definition) is 4. The predicted octanol–water partition coefficient (Wildman–Crippen LogP) is 1.81. The van der Waals surface area contributed by atoms with E-state index in [2.05, 4.69) is 36.3 Å². The molecule has 0 unspecified atom stereocenters. The van der Waals surface area contributed by atoms with Crippen LogP contribution in [-0.4, -0.2) is 20.5 Å². The zero-order chi connectivity index (χ0) is 12.3. The monoisotopic (exact) mass is 234 g/mol. The van der Waals surface area contributed by atoms with Gasteiger partial charge in [0.25, 0.3) is 0 Å². The number of aromatic nitrogens is 3. The molecule has 0 aromatic carbocycles. The van der Waals surface area contributed by atoms with Gasteiger partial charge in [-0.1, -0.05) is 5.16 Å². The normalized spacial score (nSPS) is 11.9. The Morgan fingerprint density at radius 1 is 1.41 bits per heavy atom. The van der Waals surface area contributed by atoms with Gasteiger partial charge >= 0.3 is 0 Å². The highest BCUT2D eigenvalue weighted by molar-refractivity contribution is 5.06. The Bertz CT molecular complexity index is 453. The van der Waals surface area contributed by atoms with Gasteiger partial charge in [0.05, 0.1) is 5.69 Å². The number of hydrogen-bond donors (Lipinski definition) is 1. The van der Waals surface area contributed by atoms with Crippen molar-refractivity contribution < 1.29 is 4.52 Å². The summed E-state index contributed by atoms with van der Waals surface area (Å²) in [5.74, 6) is 0.819. The van der Waals surface area contributed by atoms with Crippen molar-refractivity contribution in [1.29, 1.82) is 0 Å². The standard InChI is InChI=1S/C12H18N4O/c1-12(2,3)13-8-10-7-11(17-15-10)9-16-6-4-5-14-16/h4-7,13H,8-9H2,1-3H3. The summed E-state index contributed by atoms with van der Waals surface area (Å²) in [5, 5.41) is 11.5. The van der Waals surface area contributed by atoms with E-state index in [4.69, 9.17) is 4.52 Å². The average Bonchev–Trinajstić information content (AvgIpc) is 2.86. The second-order valence-corrected chi connectivity index (χ2v) is 5.09. The molecule has 0 radical (unpaired) electrons. The van der Waals surface area contributed by atoms with Gasteiger partial charge in [-0.05, 0) is 26.8 Å². The van der Waals surface area contributed by atoms with Gasteiger partial charge in [0, 0.05) is 30.5 Å². The molecule has 5 heteroatoms. The van der Waals surface area contributed by atoms with E-state index in [1.54, 1.807) is 6.20 Å². The quantitative estimate of drug-likeness (QED) is 0.876. The Kier molecular flexibility index (Phi) is 3.28. The maximum Gasteiger partial charge on any atom is 0.158 e. The highest BCUT2D eigenvalue weighted by Crippen LogP contribution is 2.07. The zero-order valence-corrected chi connectivity index (χ0v) is 10.5. The lowest BCUT2D eigenvalue weighted by atomic mass is 10.1. The van der Waals surface area contributed by atoms with Crippen LogP contribution in [0.2, 0.25) is 0 Å². The van der Waals surface area contributed by atoms with Gasteiger partial charge in [-0.15, -0.1) is 0 Å². The van der Waals surface area contributed by atoms with Crippen molar-refractivity contribution in [2.24, 2.45) is 0 Å². The fourth-order valence-corrected chi connectivity index (χ4v) is 1.42. The molecule has 0 aliphatic carbocycles. The Morgan fingerprint density at radius 3 is 2.88 bits per heavy atom. The van der Waals surface area contributed by atoms with Crippen LogP contribution in [0.25, 0.3) is 0 Å². The molecule has 0 saturated heterocycles. The van der Waals surface area contributed by atoms with Crippen LogP contribution in [0, 0.1) is 0 Å². The molecule has 2 rings (SSSR count). The molecule has 0 atom stereocenters. The first kappa shape index (κ1) is 11.9. The summed E-state index contributed by atoms with van der Waals surface area (Å²) in [4.78, 5) is 0. The minimum atomic E-state index is 0.0844. The van der Waals surface area contributed by atoms with E-state index in [1.165, 1.54) is 0 Å². The van der Waals surface area contributed by atoms with Crippen molar-refractivity contribution in [3.05, 3.63) is 36.0 Å². The third kappa shape index (κ3) is 3.71. The number of nitrogens with one attached hydrogen (secondary N) is 1. The molecule has 5 nitrogen and oxygen atoms in total. The van der Waals surface area contributed by atoms with Gasteiger partial charge in [-0.3, -0.25) is 4.68 Å². The molecular formula is C12H18N4O. The molecule has 0 amide bonds. The molecule has 2 aromatic rings. The van der Waals surface area contributed by atoms with Gasteiger partial charge in [-0.2, -0.15) is 5.10 Å². The van der Waals surface area contributed by atoms with Crippen molar-refractivity contribution in [3.63, 3.8) is 0 Å². The first-order chi connectivity index (χ1) is 8.03. The highest BCUT2D eigenvalue weighted by atomic mass is 16.5. The van der Waals surface area contributed by atoms with E-state index in [0.29, 0.717) is 13.1 Å². The van der Waals surface area contributed by atoms with E-state index in [9.17, 15) is 0 Å². The lowest BCUT2D eigenvalue weighted by Crippen LogP contribution is -2.35. The molecule has 0 fully saturated rings. The van der Waals surface area contributed by atoms with Crippen LogP contribution in [0.5, 0.6) is 0 Å². The molecule has 1 N–H and O–H groups in total. The van der Waals surface area contributed by atoms with Crippen LogP contribution >= 0.6 is 0 Å². The molecule has 2 heterocycles. The second-order valence-electron chi connectivity index (χ2n) is 5.09. The van der Waals surface area contributed by atoms with Crippen molar-refractivity contribution >= 4 is 0 Å². The van der Waals surface area contributed by atoms with Gasteiger partial charge in [0.2, 0.25) is 0 Å². The predicted molar refractivity (Wildman–Crippen MR) is 64.4 cm³/mol. The van der Waals surface area contributed by atoms with Crippen LogP contribution in [0.1, 0.15) is 32.2 Å². The van der Waals surface area contributed by atoms with Gasteiger partial charge in [0.1, 0.15) is 6.54 Å².